The molecule has 150 valence electrons. The number of carbonyl (C=O) groups excluding carboxylic acids is 2. The van der Waals surface area contributed by atoms with Crippen molar-refractivity contribution in [3.8, 4) is 0 Å². The fourth-order valence-corrected chi connectivity index (χ4v) is 6.08. The molecule has 0 aromatic heterocycles. The van der Waals surface area contributed by atoms with E-state index >= 15 is 0 Å². The maximum absolute atomic E-state index is 12.4. The van der Waals surface area contributed by atoms with Gasteiger partial charge in [-0.1, -0.05) is 6.92 Å². The Morgan fingerprint density at radius 1 is 1.33 bits per heavy atom. The molecule has 6 atom stereocenters. The predicted molar refractivity (Wildman–Crippen MR) is 101 cm³/mol. The van der Waals surface area contributed by atoms with E-state index in [4.69, 9.17) is 0 Å². The quantitative estimate of drug-likeness (QED) is 0.632. The number of hydrogen-bond acceptors (Lipinski definition) is 6. The topological polar surface area (TPSA) is 101 Å². The molecule has 3 aliphatic rings. The molecule has 0 aromatic rings. The van der Waals surface area contributed by atoms with Gasteiger partial charge in [-0.05, 0) is 20.4 Å². The van der Waals surface area contributed by atoms with Crippen LogP contribution in [0.3, 0.4) is 0 Å². The van der Waals surface area contributed by atoms with Gasteiger partial charge in [0.05, 0.1) is 24.1 Å². The summed E-state index contributed by atoms with van der Waals surface area (Å²) in [4.78, 5) is 42.2. The summed E-state index contributed by atoms with van der Waals surface area (Å²) in [7, 11) is 5.36. The number of likely N-dealkylation sites (N-methyl/N-ethyl adjacent to an activating group) is 2. The van der Waals surface area contributed by atoms with E-state index in [1.165, 1.54) is 16.7 Å². The normalized spacial score (nSPS) is 34.5. The van der Waals surface area contributed by atoms with E-state index in [1.54, 1.807) is 25.9 Å². The van der Waals surface area contributed by atoms with Crippen LogP contribution in [0.2, 0.25) is 0 Å². The maximum atomic E-state index is 12.4. The second-order valence-corrected chi connectivity index (χ2v) is 9.28. The zero-order chi connectivity index (χ0) is 20.2. The van der Waals surface area contributed by atoms with E-state index in [0.717, 1.165) is 0 Å². The lowest BCUT2D eigenvalue weighted by molar-refractivity contribution is -0.163. The first-order chi connectivity index (χ1) is 12.6. The first-order valence-corrected chi connectivity index (χ1v) is 10.0. The highest BCUT2D eigenvalue weighted by Crippen LogP contribution is 2.52. The number of amides is 2. The third-order valence-electron chi connectivity index (χ3n) is 5.84. The second-order valence-electron chi connectivity index (χ2n) is 7.94. The van der Waals surface area contributed by atoms with Crippen LogP contribution >= 0.6 is 11.8 Å². The Morgan fingerprint density at radius 2 is 1.96 bits per heavy atom. The molecular formula is C18H27N3O5S. The molecule has 0 unspecified atom stereocenters. The molecular weight excluding hydrogens is 370 g/mol. The van der Waals surface area contributed by atoms with Crippen LogP contribution in [0.25, 0.3) is 0 Å². The summed E-state index contributed by atoms with van der Waals surface area (Å²) in [6.45, 7) is 4.16. The fraction of sp³-hybridized carbons (Fsp3) is 0.722. The zero-order valence-corrected chi connectivity index (χ0v) is 17.1. The second kappa shape index (κ2) is 7.10. The number of thioether (sulfide) groups is 1. The number of carboxylic acid groups (broad SMARTS) is 1. The van der Waals surface area contributed by atoms with Crippen molar-refractivity contribution in [3.05, 3.63) is 10.6 Å². The molecule has 2 N–H and O–H groups in total. The lowest BCUT2D eigenvalue weighted by Crippen LogP contribution is -2.63. The van der Waals surface area contributed by atoms with Gasteiger partial charge < -0.3 is 20.0 Å². The Bertz CT molecular complexity index is 707. The van der Waals surface area contributed by atoms with Gasteiger partial charge in [0.1, 0.15) is 5.70 Å². The van der Waals surface area contributed by atoms with Gasteiger partial charge in [0.25, 0.3) is 0 Å². The molecule has 0 aromatic carbocycles. The van der Waals surface area contributed by atoms with Gasteiger partial charge in [-0.15, -0.1) is 11.8 Å². The third kappa shape index (κ3) is 3.15. The largest absolute Gasteiger partial charge is 0.477 e. The highest BCUT2D eigenvalue weighted by Gasteiger charge is 2.60. The minimum Gasteiger partial charge on any atom is -0.477 e. The van der Waals surface area contributed by atoms with Crippen molar-refractivity contribution in [1.82, 2.24) is 14.7 Å². The number of hydrogen-bond donors (Lipinski definition) is 2. The molecule has 2 saturated heterocycles. The molecule has 3 heterocycles. The van der Waals surface area contributed by atoms with Crippen molar-refractivity contribution in [2.24, 2.45) is 11.8 Å². The van der Waals surface area contributed by atoms with Gasteiger partial charge in [0, 0.05) is 36.7 Å². The van der Waals surface area contributed by atoms with Crippen LogP contribution < -0.4 is 0 Å². The monoisotopic (exact) mass is 397 g/mol. The summed E-state index contributed by atoms with van der Waals surface area (Å²) in [5.74, 6) is -2.09. The van der Waals surface area contributed by atoms with E-state index in [-0.39, 0.29) is 40.8 Å². The smallest absolute Gasteiger partial charge is 0.353 e. The van der Waals surface area contributed by atoms with Crippen molar-refractivity contribution in [2.75, 3.05) is 27.7 Å². The number of carbonyl (C=O) groups is 3. The van der Waals surface area contributed by atoms with Gasteiger partial charge in [-0.2, -0.15) is 0 Å². The molecule has 0 aliphatic carbocycles. The summed E-state index contributed by atoms with van der Waals surface area (Å²) < 4.78 is 0. The molecule has 0 spiro atoms. The maximum Gasteiger partial charge on any atom is 0.353 e. The Morgan fingerprint density at radius 3 is 2.48 bits per heavy atom. The summed E-state index contributed by atoms with van der Waals surface area (Å²) >= 11 is 1.47. The minimum atomic E-state index is -1.11. The van der Waals surface area contributed by atoms with Gasteiger partial charge in [-0.25, -0.2) is 4.79 Å². The number of likely N-dealkylation sites (tertiary alicyclic amines) is 1. The molecule has 2 amide bonds. The van der Waals surface area contributed by atoms with Gasteiger partial charge in [-0.3, -0.25) is 14.5 Å². The minimum absolute atomic E-state index is 0.0423. The van der Waals surface area contributed by atoms with Crippen molar-refractivity contribution in [3.63, 3.8) is 0 Å². The molecule has 3 aliphatic heterocycles. The average Bonchev–Trinajstić information content (AvgIpc) is 3.03. The molecule has 27 heavy (non-hydrogen) atoms. The Hall–Kier alpha value is -1.58. The average molecular weight is 397 g/mol. The van der Waals surface area contributed by atoms with Crippen molar-refractivity contribution in [1.29, 1.82) is 0 Å². The molecule has 0 bridgehead atoms. The zero-order valence-electron chi connectivity index (χ0n) is 16.2. The van der Waals surface area contributed by atoms with Crippen molar-refractivity contribution < 1.29 is 24.6 Å². The van der Waals surface area contributed by atoms with Gasteiger partial charge in [0.2, 0.25) is 11.8 Å². The van der Waals surface area contributed by atoms with E-state index in [0.29, 0.717) is 17.9 Å². The molecule has 9 heteroatoms. The summed E-state index contributed by atoms with van der Waals surface area (Å²) in [5, 5.41) is 19.7. The standard InChI is InChI=1S/C18H27N3O5S/c1-8-13-12(9(2)22)17(24)21(13)14(18(25)26)15(8)27-10-6-11(20(5)7-10)16(23)19(3)4/h8-13,22H,6-7H2,1-5H3,(H,25,26)/t8-,9-,10+,11+,12-,13-/m1/s1. The van der Waals surface area contributed by atoms with Crippen LogP contribution in [-0.2, 0) is 14.4 Å². The Balaban J connectivity index is 1.81. The number of β-lactam (4-membered cyclic amide) rings is 1. The van der Waals surface area contributed by atoms with Crippen LogP contribution in [0.1, 0.15) is 20.3 Å². The third-order valence-corrected chi connectivity index (χ3v) is 7.33. The van der Waals surface area contributed by atoms with E-state index in [9.17, 15) is 24.6 Å². The number of aliphatic hydroxyl groups excluding tert-OH is 1. The van der Waals surface area contributed by atoms with Gasteiger partial charge >= 0.3 is 5.97 Å². The molecule has 0 radical (unpaired) electrons. The van der Waals surface area contributed by atoms with E-state index in [2.05, 4.69) is 0 Å². The molecule has 0 saturated carbocycles. The van der Waals surface area contributed by atoms with Crippen LogP contribution in [0, 0.1) is 11.8 Å². The highest BCUT2D eigenvalue weighted by atomic mass is 32.2. The predicted octanol–water partition coefficient (Wildman–Crippen LogP) is 0.0342. The number of rotatable bonds is 5. The number of fused-ring (bicyclic) bond motifs is 1. The van der Waals surface area contributed by atoms with E-state index in [1.807, 2.05) is 18.9 Å². The molecule has 3 rings (SSSR count). The first-order valence-electron chi connectivity index (χ1n) is 9.12. The highest BCUT2D eigenvalue weighted by molar-refractivity contribution is 8.03. The van der Waals surface area contributed by atoms with Crippen LogP contribution in [0.15, 0.2) is 10.6 Å². The summed E-state index contributed by atoms with van der Waals surface area (Å²) in [5.41, 5.74) is 0.0458. The van der Waals surface area contributed by atoms with Crippen LogP contribution in [0.4, 0.5) is 0 Å². The lowest BCUT2D eigenvalue weighted by Gasteiger charge is -2.46. The first kappa shape index (κ1) is 20.2. The van der Waals surface area contributed by atoms with Crippen LogP contribution in [0.5, 0.6) is 0 Å². The van der Waals surface area contributed by atoms with Crippen molar-refractivity contribution >= 4 is 29.5 Å². The number of aliphatic carboxylic acids is 1. The molecule has 2 fully saturated rings. The lowest BCUT2D eigenvalue weighted by atomic mass is 9.79. The number of nitrogens with zero attached hydrogens (tertiary/aromatic N) is 3. The Kier molecular flexibility index (Phi) is 5.31. The van der Waals surface area contributed by atoms with E-state index < -0.39 is 18.0 Å². The fourth-order valence-electron chi connectivity index (χ4n) is 4.48. The summed E-state index contributed by atoms with van der Waals surface area (Å²) in [6.07, 6.45) is -0.167. The van der Waals surface area contributed by atoms with Crippen LogP contribution in [-0.4, -0.2) is 93.8 Å². The van der Waals surface area contributed by atoms with Crippen molar-refractivity contribution in [2.45, 2.75) is 43.7 Å². The van der Waals surface area contributed by atoms with Gasteiger partial charge in [0.15, 0.2) is 0 Å². The number of aliphatic hydroxyl groups is 1. The summed E-state index contributed by atoms with van der Waals surface area (Å²) in [6, 6.07) is -0.517. The SMILES string of the molecule is C[C@@H](O)[C@H]1C(=O)N2C(C(=O)O)=C(S[C@H]3C[C@@H](C(=O)N(C)C)N(C)C3)[C@H](C)[C@H]12. The Labute approximate surface area is 163 Å². The number of carboxylic acids is 1. The molecule has 8 nitrogen and oxygen atoms in total.